The molecule has 4 aromatic carbocycles. The number of aryl methyl sites for hydroxylation is 7. The van der Waals surface area contributed by atoms with E-state index in [-0.39, 0.29) is 11.0 Å². The highest BCUT2D eigenvalue weighted by Gasteiger charge is 2.33. The Bertz CT molecular complexity index is 1260. The molecule has 3 heteroatoms. The molecule has 0 aliphatic carbocycles. The van der Waals surface area contributed by atoms with Crippen LogP contribution in [0.3, 0.4) is 0 Å². The summed E-state index contributed by atoms with van der Waals surface area (Å²) in [5.41, 5.74) is 8.53. The lowest BCUT2D eigenvalue weighted by atomic mass is 10.0. The van der Waals surface area contributed by atoms with Gasteiger partial charge in [-0.3, -0.25) is 9.59 Å². The molecule has 4 aromatic rings. The first-order valence-corrected chi connectivity index (χ1v) is 13.6. The van der Waals surface area contributed by atoms with Crippen LogP contribution < -0.4 is 5.30 Å². The smallest absolute Gasteiger partial charge is 0.197 e. The summed E-state index contributed by atoms with van der Waals surface area (Å²) in [5.74, 6) is 0. The van der Waals surface area contributed by atoms with E-state index in [1.807, 2.05) is 114 Å². The highest BCUT2D eigenvalue weighted by Crippen LogP contribution is 2.45. The number of carbonyl (C=O) groups is 2. The summed E-state index contributed by atoms with van der Waals surface area (Å²) in [6.07, 6.45) is 0. The third kappa shape index (κ3) is 6.45. The number of carbonyl (C=O) groups excluding carboxylic acids is 2. The SMILES string of the molecule is Cc1cc(C)c(C(=O)P(C(=O)c2c(C)cc(C)cc2C)c2ccccc2)c(C)c1.Cc1ccccc1. The highest BCUT2D eigenvalue weighted by atomic mass is 31.1. The molecule has 0 heterocycles. The van der Waals surface area contributed by atoms with Crippen molar-refractivity contribution < 1.29 is 9.59 Å². The quantitative estimate of drug-likeness (QED) is 0.261. The van der Waals surface area contributed by atoms with Gasteiger partial charge in [0.2, 0.25) is 0 Å². The first kappa shape index (κ1) is 27.2. The van der Waals surface area contributed by atoms with E-state index in [2.05, 4.69) is 19.1 Å². The zero-order chi connectivity index (χ0) is 26.4. The maximum Gasteiger partial charge on any atom is 0.197 e. The number of hydrogen-bond donors (Lipinski definition) is 0. The molecule has 0 unspecified atom stereocenters. The molecular formula is C33H35O2P. The summed E-state index contributed by atoms with van der Waals surface area (Å²) < 4.78 is 0. The second-order valence-corrected chi connectivity index (χ2v) is 11.5. The first-order valence-electron chi connectivity index (χ1n) is 12.2. The van der Waals surface area contributed by atoms with Crippen molar-refractivity contribution in [2.75, 3.05) is 0 Å². The molecule has 184 valence electrons. The average Bonchev–Trinajstić information content (AvgIpc) is 2.79. The van der Waals surface area contributed by atoms with E-state index in [1.54, 1.807) is 0 Å². The van der Waals surface area contributed by atoms with Gasteiger partial charge in [0.15, 0.2) is 11.0 Å². The van der Waals surface area contributed by atoms with E-state index in [0.29, 0.717) is 11.1 Å². The first-order chi connectivity index (χ1) is 17.1. The Morgan fingerprint density at radius 1 is 0.472 bits per heavy atom. The van der Waals surface area contributed by atoms with E-state index < -0.39 is 7.92 Å². The van der Waals surface area contributed by atoms with Crippen molar-refractivity contribution in [3.05, 3.63) is 135 Å². The van der Waals surface area contributed by atoms with Crippen LogP contribution in [0.4, 0.5) is 0 Å². The fourth-order valence-electron chi connectivity index (χ4n) is 4.70. The van der Waals surface area contributed by atoms with Crippen LogP contribution in [0.2, 0.25) is 0 Å². The van der Waals surface area contributed by atoms with Gasteiger partial charge in [-0.1, -0.05) is 102 Å². The average molecular weight is 495 g/mol. The van der Waals surface area contributed by atoms with Crippen molar-refractivity contribution in [3.63, 3.8) is 0 Å². The molecule has 0 aromatic heterocycles. The van der Waals surface area contributed by atoms with Crippen LogP contribution in [-0.4, -0.2) is 11.0 Å². The van der Waals surface area contributed by atoms with Crippen LogP contribution in [0.5, 0.6) is 0 Å². The predicted molar refractivity (Wildman–Crippen MR) is 154 cm³/mol. The van der Waals surface area contributed by atoms with Crippen molar-refractivity contribution in [3.8, 4) is 0 Å². The number of benzene rings is 4. The zero-order valence-corrected chi connectivity index (χ0v) is 23.2. The number of rotatable bonds is 5. The predicted octanol–water partition coefficient (Wildman–Crippen LogP) is 8.32. The highest BCUT2D eigenvalue weighted by molar-refractivity contribution is 7.96. The van der Waals surface area contributed by atoms with E-state index in [1.165, 1.54) is 5.56 Å². The molecule has 0 radical (unpaired) electrons. The lowest BCUT2D eigenvalue weighted by molar-refractivity contribution is 0.105. The van der Waals surface area contributed by atoms with Gasteiger partial charge in [-0.25, -0.2) is 0 Å². The molecule has 2 nitrogen and oxygen atoms in total. The molecule has 0 N–H and O–H groups in total. The summed E-state index contributed by atoms with van der Waals surface area (Å²) in [5, 5.41) is 0.802. The minimum atomic E-state index is -1.69. The van der Waals surface area contributed by atoms with Crippen LogP contribution >= 0.6 is 7.92 Å². The third-order valence-corrected chi connectivity index (χ3v) is 8.22. The maximum atomic E-state index is 13.8. The Balaban J connectivity index is 0.000000444. The van der Waals surface area contributed by atoms with Crippen LogP contribution in [0.25, 0.3) is 0 Å². The molecule has 0 saturated heterocycles. The molecule has 0 saturated carbocycles. The van der Waals surface area contributed by atoms with Crippen molar-refractivity contribution >= 4 is 24.3 Å². The normalized spacial score (nSPS) is 10.6. The molecule has 0 bridgehead atoms. The third-order valence-electron chi connectivity index (χ3n) is 6.14. The van der Waals surface area contributed by atoms with E-state index in [4.69, 9.17) is 0 Å². The summed E-state index contributed by atoms with van der Waals surface area (Å²) in [4.78, 5) is 27.6. The van der Waals surface area contributed by atoms with Crippen molar-refractivity contribution in [1.29, 1.82) is 0 Å². The Morgan fingerprint density at radius 2 is 0.806 bits per heavy atom. The maximum absolute atomic E-state index is 13.8. The van der Waals surface area contributed by atoms with Crippen LogP contribution in [0.15, 0.2) is 84.9 Å². The minimum Gasteiger partial charge on any atom is -0.288 e. The molecule has 0 aliphatic rings. The summed E-state index contributed by atoms with van der Waals surface area (Å²) in [7, 11) is -1.69. The zero-order valence-electron chi connectivity index (χ0n) is 22.3. The summed E-state index contributed by atoms with van der Waals surface area (Å²) in [6, 6.07) is 27.9. The van der Waals surface area contributed by atoms with E-state index in [0.717, 1.165) is 38.7 Å². The van der Waals surface area contributed by atoms with Gasteiger partial charge in [0, 0.05) is 11.1 Å². The van der Waals surface area contributed by atoms with Crippen molar-refractivity contribution in [2.24, 2.45) is 0 Å². The molecule has 36 heavy (non-hydrogen) atoms. The largest absolute Gasteiger partial charge is 0.288 e. The van der Waals surface area contributed by atoms with Gasteiger partial charge in [0.1, 0.15) is 0 Å². The Hall–Kier alpha value is -3.35. The lowest BCUT2D eigenvalue weighted by Gasteiger charge is -2.21. The van der Waals surface area contributed by atoms with Gasteiger partial charge < -0.3 is 0 Å². The monoisotopic (exact) mass is 494 g/mol. The fraction of sp³-hybridized carbons (Fsp3) is 0.212. The van der Waals surface area contributed by atoms with E-state index in [9.17, 15) is 9.59 Å². The Morgan fingerprint density at radius 3 is 1.11 bits per heavy atom. The fourth-order valence-corrected chi connectivity index (χ4v) is 6.97. The Labute approximate surface area is 217 Å². The van der Waals surface area contributed by atoms with Crippen molar-refractivity contribution in [2.45, 2.75) is 48.5 Å². The Kier molecular flexibility index (Phi) is 9.13. The topological polar surface area (TPSA) is 34.1 Å². The standard InChI is InChI=1S/C26H27O2P.C7H8/c1-16-12-18(3)23(19(4)13-16)25(27)29(22-10-8-7-9-11-22)26(28)24-20(5)14-17(2)15-21(24)6;1-7-5-3-2-4-6-7/h7-15H,1-6H3;2-6H,1H3. The van der Waals surface area contributed by atoms with Gasteiger partial charge in [-0.05, 0) is 76.0 Å². The van der Waals surface area contributed by atoms with Crippen LogP contribution in [0.1, 0.15) is 59.7 Å². The molecule has 0 spiro atoms. The van der Waals surface area contributed by atoms with Gasteiger partial charge >= 0.3 is 0 Å². The van der Waals surface area contributed by atoms with Crippen LogP contribution in [-0.2, 0) is 0 Å². The second kappa shape index (κ2) is 12.1. The van der Waals surface area contributed by atoms with Gasteiger partial charge in [-0.15, -0.1) is 0 Å². The van der Waals surface area contributed by atoms with E-state index >= 15 is 0 Å². The molecular weight excluding hydrogens is 459 g/mol. The van der Waals surface area contributed by atoms with Gasteiger partial charge in [0.25, 0.3) is 0 Å². The van der Waals surface area contributed by atoms with Crippen molar-refractivity contribution in [1.82, 2.24) is 0 Å². The lowest BCUT2D eigenvalue weighted by Crippen LogP contribution is -2.19. The molecule has 0 amide bonds. The molecule has 0 aliphatic heterocycles. The molecule has 0 atom stereocenters. The molecule has 4 rings (SSSR count). The number of hydrogen-bond acceptors (Lipinski definition) is 2. The van der Waals surface area contributed by atoms with Crippen LogP contribution in [0, 0.1) is 48.5 Å². The molecule has 0 fully saturated rings. The second-order valence-electron chi connectivity index (χ2n) is 9.48. The van der Waals surface area contributed by atoms with Gasteiger partial charge in [0.05, 0.1) is 7.92 Å². The minimum absolute atomic E-state index is 0.0643. The summed E-state index contributed by atoms with van der Waals surface area (Å²) in [6.45, 7) is 14.0. The van der Waals surface area contributed by atoms with Gasteiger partial charge in [-0.2, -0.15) is 0 Å². The summed E-state index contributed by atoms with van der Waals surface area (Å²) >= 11 is 0.